The highest BCUT2D eigenvalue weighted by Gasteiger charge is 2.19. The summed E-state index contributed by atoms with van der Waals surface area (Å²) in [7, 11) is -1.60. The van der Waals surface area contributed by atoms with Gasteiger partial charge in [-0.25, -0.2) is 0 Å². The van der Waals surface area contributed by atoms with Gasteiger partial charge in [-0.1, -0.05) is 6.58 Å². The van der Waals surface area contributed by atoms with Gasteiger partial charge in [0.1, 0.15) is 11.5 Å². The largest absolute Gasteiger partial charge is 0.543 e. The van der Waals surface area contributed by atoms with E-state index < -0.39 is 8.32 Å². The molecule has 0 amide bonds. The van der Waals surface area contributed by atoms with Crippen molar-refractivity contribution < 1.29 is 4.43 Å². The van der Waals surface area contributed by atoms with Crippen molar-refractivity contribution >= 4 is 30.0 Å². The molecule has 0 spiro atoms. The third kappa shape index (κ3) is 3.46. The summed E-state index contributed by atoms with van der Waals surface area (Å²) >= 11 is 3.50. The number of halogens is 1. The molecule has 0 atom stereocenters. The summed E-state index contributed by atoms with van der Waals surface area (Å²) in [5.41, 5.74) is 1.94. The Balaban J connectivity index is 2.97. The number of rotatable bonds is 3. The van der Waals surface area contributed by atoms with E-state index in [1.54, 1.807) is 6.20 Å². The average molecular weight is 286 g/mol. The minimum Gasteiger partial charge on any atom is -0.543 e. The second-order valence-corrected chi connectivity index (χ2v) is 9.65. The van der Waals surface area contributed by atoms with E-state index >= 15 is 0 Å². The molecule has 0 saturated carbocycles. The maximum absolute atomic E-state index is 5.81. The van der Waals surface area contributed by atoms with Gasteiger partial charge in [0.25, 0.3) is 0 Å². The maximum Gasteiger partial charge on any atom is 0.242 e. The smallest absolute Gasteiger partial charge is 0.242 e. The molecule has 0 aliphatic rings. The second-order valence-electron chi connectivity index (χ2n) is 4.43. The summed E-state index contributed by atoms with van der Waals surface area (Å²) in [4.78, 5) is 4.27. The van der Waals surface area contributed by atoms with Gasteiger partial charge >= 0.3 is 0 Å². The van der Waals surface area contributed by atoms with Gasteiger partial charge in [-0.2, -0.15) is 0 Å². The minimum absolute atomic E-state index is 0.657. The number of hydrogen-bond donors (Lipinski definition) is 0. The number of nitrogens with zero attached hydrogens (tertiary/aromatic N) is 1. The van der Waals surface area contributed by atoms with Crippen molar-refractivity contribution in [2.24, 2.45) is 0 Å². The molecule has 1 heterocycles. The summed E-state index contributed by atoms with van der Waals surface area (Å²) in [6.07, 6.45) is 1.77. The molecule has 0 saturated heterocycles. The molecule has 1 aromatic heterocycles. The van der Waals surface area contributed by atoms with Crippen LogP contribution in [0.2, 0.25) is 19.6 Å². The highest BCUT2D eigenvalue weighted by molar-refractivity contribution is 9.10. The van der Waals surface area contributed by atoms with Crippen molar-refractivity contribution in [1.82, 2.24) is 4.98 Å². The van der Waals surface area contributed by atoms with Crippen molar-refractivity contribution in [3.8, 4) is 0 Å². The molecule has 0 unspecified atom stereocenters. The van der Waals surface area contributed by atoms with Crippen molar-refractivity contribution in [3.05, 3.63) is 34.6 Å². The number of aromatic nitrogens is 1. The monoisotopic (exact) mass is 285 g/mol. The van der Waals surface area contributed by atoms with Crippen LogP contribution in [0.15, 0.2) is 23.3 Å². The molecular formula is C11H16BrNOSi. The van der Waals surface area contributed by atoms with Crippen molar-refractivity contribution in [2.75, 3.05) is 0 Å². The van der Waals surface area contributed by atoms with Gasteiger partial charge in [-0.05, 0) is 54.1 Å². The molecule has 4 heteroatoms. The van der Waals surface area contributed by atoms with E-state index in [1.165, 1.54) is 0 Å². The normalized spacial score (nSPS) is 11.3. The van der Waals surface area contributed by atoms with Crippen LogP contribution < -0.4 is 0 Å². The van der Waals surface area contributed by atoms with Crippen LogP contribution in [-0.4, -0.2) is 13.3 Å². The average Bonchev–Trinajstić information content (AvgIpc) is 2.06. The van der Waals surface area contributed by atoms with Crippen LogP contribution >= 0.6 is 15.9 Å². The molecule has 0 aliphatic carbocycles. The quantitative estimate of drug-likeness (QED) is 0.619. The number of pyridine rings is 1. The Bertz CT molecular complexity index is 385. The first-order valence-electron chi connectivity index (χ1n) is 4.80. The van der Waals surface area contributed by atoms with Crippen molar-refractivity contribution in [1.29, 1.82) is 0 Å². The molecule has 1 rings (SSSR count). The first kappa shape index (κ1) is 12.5. The van der Waals surface area contributed by atoms with E-state index in [0.29, 0.717) is 5.76 Å². The van der Waals surface area contributed by atoms with Gasteiger partial charge in [-0.3, -0.25) is 4.98 Å². The third-order valence-corrected chi connectivity index (χ3v) is 3.64. The lowest BCUT2D eigenvalue weighted by Crippen LogP contribution is -2.24. The lowest BCUT2D eigenvalue weighted by atomic mass is 10.2. The predicted octanol–water partition coefficient (Wildman–Crippen LogP) is 3.97. The van der Waals surface area contributed by atoms with Gasteiger partial charge in [-0.15, -0.1) is 0 Å². The molecule has 0 aliphatic heterocycles. The zero-order valence-electron chi connectivity index (χ0n) is 9.60. The fourth-order valence-electron chi connectivity index (χ4n) is 1.15. The van der Waals surface area contributed by atoms with Crippen molar-refractivity contribution in [3.63, 3.8) is 0 Å². The second kappa shape index (κ2) is 4.49. The van der Waals surface area contributed by atoms with E-state index in [4.69, 9.17) is 4.43 Å². The molecule has 0 radical (unpaired) electrons. The maximum atomic E-state index is 5.81. The standard InChI is InChI=1S/C11H16BrNOSi/c1-8-6-7-13-11(10(8)12)9(2)14-15(3,4)5/h6-7H,2H2,1,3-5H3. The lowest BCUT2D eigenvalue weighted by molar-refractivity contribution is 0.513. The van der Waals surface area contributed by atoms with Crippen LogP contribution in [0.4, 0.5) is 0 Å². The SMILES string of the molecule is C=C(O[Si](C)(C)C)c1nccc(C)c1Br. The van der Waals surface area contributed by atoms with Gasteiger partial charge in [0.2, 0.25) is 8.32 Å². The van der Waals surface area contributed by atoms with Crippen LogP contribution in [0.1, 0.15) is 11.3 Å². The molecule has 15 heavy (non-hydrogen) atoms. The summed E-state index contributed by atoms with van der Waals surface area (Å²) in [6, 6.07) is 1.95. The van der Waals surface area contributed by atoms with E-state index in [2.05, 4.69) is 47.1 Å². The highest BCUT2D eigenvalue weighted by atomic mass is 79.9. The number of aryl methyl sites for hydroxylation is 1. The fraction of sp³-hybridized carbons (Fsp3) is 0.364. The van der Waals surface area contributed by atoms with Crippen molar-refractivity contribution in [2.45, 2.75) is 26.6 Å². The molecule has 0 N–H and O–H groups in total. The first-order valence-corrected chi connectivity index (χ1v) is 9.01. The Morgan fingerprint density at radius 3 is 2.60 bits per heavy atom. The van der Waals surface area contributed by atoms with Gasteiger partial charge in [0.15, 0.2) is 0 Å². The molecule has 1 aromatic rings. The fourth-order valence-corrected chi connectivity index (χ4v) is 2.44. The molecule has 0 aromatic carbocycles. The Kier molecular flexibility index (Phi) is 3.73. The van der Waals surface area contributed by atoms with Crippen LogP contribution in [-0.2, 0) is 4.43 Å². The predicted molar refractivity (Wildman–Crippen MR) is 70.1 cm³/mol. The molecule has 0 fully saturated rings. The topological polar surface area (TPSA) is 22.1 Å². The summed E-state index contributed by atoms with van der Waals surface area (Å²) < 4.78 is 6.78. The Morgan fingerprint density at radius 2 is 2.07 bits per heavy atom. The molecule has 0 bridgehead atoms. The highest BCUT2D eigenvalue weighted by Crippen LogP contribution is 2.26. The molecular weight excluding hydrogens is 270 g/mol. The summed E-state index contributed by atoms with van der Waals surface area (Å²) in [6.45, 7) is 12.3. The van der Waals surface area contributed by atoms with Gasteiger partial charge < -0.3 is 4.43 Å². The minimum atomic E-state index is -1.60. The zero-order valence-corrected chi connectivity index (χ0v) is 12.2. The lowest BCUT2D eigenvalue weighted by Gasteiger charge is -2.21. The summed E-state index contributed by atoms with van der Waals surface area (Å²) in [5, 5.41) is 0. The van der Waals surface area contributed by atoms with E-state index in [1.807, 2.05) is 13.0 Å². The van der Waals surface area contributed by atoms with Crippen LogP contribution in [0.25, 0.3) is 5.76 Å². The van der Waals surface area contributed by atoms with Crippen LogP contribution in [0.5, 0.6) is 0 Å². The third-order valence-electron chi connectivity index (χ3n) is 1.78. The molecule has 2 nitrogen and oxygen atoms in total. The Hall–Kier alpha value is -0.613. The zero-order chi connectivity index (χ0) is 11.6. The van der Waals surface area contributed by atoms with E-state index in [0.717, 1.165) is 15.7 Å². The van der Waals surface area contributed by atoms with E-state index in [9.17, 15) is 0 Å². The van der Waals surface area contributed by atoms with E-state index in [-0.39, 0.29) is 0 Å². The molecule has 82 valence electrons. The van der Waals surface area contributed by atoms with Crippen LogP contribution in [0, 0.1) is 6.92 Å². The summed E-state index contributed by atoms with van der Waals surface area (Å²) in [5.74, 6) is 0.657. The Labute approximate surface area is 101 Å². The Morgan fingerprint density at radius 1 is 1.47 bits per heavy atom. The number of hydrogen-bond acceptors (Lipinski definition) is 2. The van der Waals surface area contributed by atoms with Crippen LogP contribution in [0.3, 0.4) is 0 Å². The first-order chi connectivity index (χ1) is 6.81. The van der Waals surface area contributed by atoms with Gasteiger partial charge in [0.05, 0.1) is 0 Å². The van der Waals surface area contributed by atoms with Gasteiger partial charge in [0, 0.05) is 10.7 Å².